The molecule has 0 saturated heterocycles. The number of phenolic OH excluding ortho intramolecular Hbond substituents is 1. The number of nitrogens with zero attached hydrogens (tertiary/aromatic N) is 4. The van der Waals surface area contributed by atoms with Gasteiger partial charge in [-0.1, -0.05) is 60.7 Å². The standard InChI is InChI=1S/C24H20N4O/c1-16-9-3-7-13-20(16)25-27-22-15-23(24(29)19-12-6-5-11-18(19)22)28-26-21-14-8-4-10-17(21)2/h3-15,29H,1-2H3. The number of azo groups is 2. The number of rotatable bonds is 4. The number of fused-ring (bicyclic) bond motifs is 1. The molecule has 4 aromatic carbocycles. The normalized spacial score (nSPS) is 11.7. The number of aryl methyl sites for hydroxylation is 2. The van der Waals surface area contributed by atoms with Crippen LogP contribution < -0.4 is 0 Å². The van der Waals surface area contributed by atoms with Gasteiger partial charge in [-0.2, -0.15) is 10.2 Å². The Kier molecular flexibility index (Phi) is 5.12. The van der Waals surface area contributed by atoms with E-state index in [2.05, 4.69) is 20.5 Å². The fraction of sp³-hybridized carbons (Fsp3) is 0.0833. The van der Waals surface area contributed by atoms with Crippen molar-refractivity contribution in [2.45, 2.75) is 13.8 Å². The van der Waals surface area contributed by atoms with Crippen LogP contribution >= 0.6 is 0 Å². The van der Waals surface area contributed by atoms with Crippen LogP contribution in [0.1, 0.15) is 11.1 Å². The zero-order valence-electron chi connectivity index (χ0n) is 16.2. The molecule has 0 atom stereocenters. The second-order valence-corrected chi connectivity index (χ2v) is 6.78. The lowest BCUT2D eigenvalue weighted by Gasteiger charge is -2.07. The molecule has 0 saturated carbocycles. The third-order valence-corrected chi connectivity index (χ3v) is 4.74. The first kappa shape index (κ1) is 18.5. The van der Waals surface area contributed by atoms with Crippen LogP contribution in [-0.2, 0) is 0 Å². The van der Waals surface area contributed by atoms with Gasteiger partial charge in [0.15, 0.2) is 5.75 Å². The molecular weight excluding hydrogens is 360 g/mol. The Morgan fingerprint density at radius 2 is 0.966 bits per heavy atom. The van der Waals surface area contributed by atoms with Gasteiger partial charge in [-0.05, 0) is 43.2 Å². The van der Waals surface area contributed by atoms with Gasteiger partial charge in [0.25, 0.3) is 0 Å². The quantitative estimate of drug-likeness (QED) is 0.358. The molecule has 142 valence electrons. The summed E-state index contributed by atoms with van der Waals surface area (Å²) >= 11 is 0. The summed E-state index contributed by atoms with van der Waals surface area (Å²) in [5.74, 6) is 0.0766. The van der Waals surface area contributed by atoms with E-state index in [1.807, 2.05) is 86.6 Å². The van der Waals surface area contributed by atoms with Crippen LogP contribution in [0.15, 0.2) is 99.3 Å². The molecule has 0 bridgehead atoms. The largest absolute Gasteiger partial charge is 0.505 e. The predicted molar refractivity (Wildman–Crippen MR) is 116 cm³/mol. The second-order valence-electron chi connectivity index (χ2n) is 6.78. The van der Waals surface area contributed by atoms with Crippen molar-refractivity contribution in [3.8, 4) is 5.75 Å². The number of hydrogen-bond acceptors (Lipinski definition) is 5. The molecule has 0 aliphatic rings. The number of hydrogen-bond donors (Lipinski definition) is 1. The topological polar surface area (TPSA) is 69.7 Å². The van der Waals surface area contributed by atoms with Crippen LogP contribution in [0, 0.1) is 13.8 Å². The van der Waals surface area contributed by atoms with Gasteiger partial charge in [-0.25, -0.2) is 0 Å². The van der Waals surface area contributed by atoms with Crippen molar-refractivity contribution in [3.63, 3.8) is 0 Å². The summed E-state index contributed by atoms with van der Waals surface area (Å²) in [5, 5.41) is 29.6. The van der Waals surface area contributed by atoms with Gasteiger partial charge in [0.2, 0.25) is 0 Å². The van der Waals surface area contributed by atoms with Crippen molar-refractivity contribution in [1.82, 2.24) is 0 Å². The van der Waals surface area contributed by atoms with E-state index in [0.717, 1.165) is 27.9 Å². The molecule has 0 aliphatic carbocycles. The molecule has 4 aromatic rings. The molecule has 1 N–H and O–H groups in total. The molecule has 5 heteroatoms. The maximum atomic E-state index is 10.7. The van der Waals surface area contributed by atoms with Crippen LogP contribution in [-0.4, -0.2) is 5.11 Å². The van der Waals surface area contributed by atoms with Crippen LogP contribution in [0.2, 0.25) is 0 Å². The van der Waals surface area contributed by atoms with Crippen molar-refractivity contribution in [2.24, 2.45) is 20.5 Å². The van der Waals surface area contributed by atoms with E-state index in [4.69, 9.17) is 0 Å². The minimum absolute atomic E-state index is 0.0766. The maximum absolute atomic E-state index is 10.7. The van der Waals surface area contributed by atoms with Gasteiger partial charge in [0.05, 0.1) is 17.1 Å². The Labute approximate surface area is 169 Å². The van der Waals surface area contributed by atoms with Gasteiger partial charge in [0.1, 0.15) is 5.69 Å². The summed E-state index contributed by atoms with van der Waals surface area (Å²) < 4.78 is 0. The summed E-state index contributed by atoms with van der Waals surface area (Å²) in [5.41, 5.74) is 4.58. The van der Waals surface area contributed by atoms with E-state index in [1.54, 1.807) is 6.07 Å². The molecule has 0 aliphatic heterocycles. The molecule has 0 unspecified atom stereocenters. The SMILES string of the molecule is Cc1ccccc1N=Nc1cc(N=Nc2ccccc2C)c2ccccc2c1O. The van der Waals surface area contributed by atoms with Crippen molar-refractivity contribution in [2.75, 3.05) is 0 Å². The summed E-state index contributed by atoms with van der Waals surface area (Å²) in [4.78, 5) is 0. The molecule has 0 amide bonds. The van der Waals surface area contributed by atoms with Crippen molar-refractivity contribution in [3.05, 3.63) is 90.0 Å². The first-order valence-electron chi connectivity index (χ1n) is 9.33. The number of phenols is 1. The lowest BCUT2D eigenvalue weighted by Crippen LogP contribution is -1.78. The molecule has 5 nitrogen and oxygen atoms in total. The Morgan fingerprint density at radius 1 is 0.517 bits per heavy atom. The van der Waals surface area contributed by atoms with Gasteiger partial charge < -0.3 is 5.11 Å². The lowest BCUT2D eigenvalue weighted by atomic mass is 10.1. The van der Waals surface area contributed by atoms with E-state index in [9.17, 15) is 5.11 Å². The van der Waals surface area contributed by atoms with Crippen LogP contribution in [0.4, 0.5) is 22.7 Å². The average molecular weight is 380 g/mol. The van der Waals surface area contributed by atoms with Gasteiger partial charge >= 0.3 is 0 Å². The molecule has 4 rings (SSSR count). The summed E-state index contributed by atoms with van der Waals surface area (Å²) in [6, 6.07) is 24.7. The minimum Gasteiger partial charge on any atom is -0.505 e. The highest BCUT2D eigenvalue weighted by molar-refractivity contribution is 6.00. The van der Waals surface area contributed by atoms with Crippen molar-refractivity contribution >= 4 is 33.5 Å². The monoisotopic (exact) mass is 380 g/mol. The van der Waals surface area contributed by atoms with Crippen LogP contribution in [0.5, 0.6) is 5.75 Å². The van der Waals surface area contributed by atoms with Crippen LogP contribution in [0.25, 0.3) is 10.8 Å². The lowest BCUT2D eigenvalue weighted by molar-refractivity contribution is 0.482. The van der Waals surface area contributed by atoms with Crippen molar-refractivity contribution < 1.29 is 5.11 Å². The first-order valence-corrected chi connectivity index (χ1v) is 9.33. The first-order chi connectivity index (χ1) is 14.1. The molecule has 0 fully saturated rings. The molecule has 0 spiro atoms. The minimum atomic E-state index is 0.0766. The Balaban J connectivity index is 1.81. The highest BCUT2D eigenvalue weighted by atomic mass is 16.3. The number of aromatic hydroxyl groups is 1. The molecule has 0 aromatic heterocycles. The molecule has 29 heavy (non-hydrogen) atoms. The van der Waals surface area contributed by atoms with E-state index in [1.165, 1.54) is 0 Å². The maximum Gasteiger partial charge on any atom is 0.151 e. The highest BCUT2D eigenvalue weighted by Crippen LogP contribution is 2.42. The third-order valence-electron chi connectivity index (χ3n) is 4.74. The van der Waals surface area contributed by atoms with Gasteiger partial charge in [-0.3, -0.25) is 0 Å². The predicted octanol–water partition coefficient (Wildman–Crippen LogP) is 7.99. The van der Waals surface area contributed by atoms with E-state index >= 15 is 0 Å². The van der Waals surface area contributed by atoms with E-state index in [-0.39, 0.29) is 5.75 Å². The highest BCUT2D eigenvalue weighted by Gasteiger charge is 2.11. The van der Waals surface area contributed by atoms with E-state index in [0.29, 0.717) is 16.8 Å². The summed E-state index contributed by atoms with van der Waals surface area (Å²) in [6.45, 7) is 3.96. The van der Waals surface area contributed by atoms with Gasteiger partial charge in [0, 0.05) is 10.8 Å². The molecule has 0 heterocycles. The fourth-order valence-corrected chi connectivity index (χ4v) is 3.05. The fourth-order valence-electron chi connectivity index (χ4n) is 3.05. The summed E-state index contributed by atoms with van der Waals surface area (Å²) in [6.07, 6.45) is 0. The van der Waals surface area contributed by atoms with Crippen molar-refractivity contribution in [1.29, 1.82) is 0 Å². The Bertz CT molecular complexity index is 1240. The Morgan fingerprint density at radius 3 is 1.55 bits per heavy atom. The van der Waals surface area contributed by atoms with E-state index < -0.39 is 0 Å². The zero-order valence-corrected chi connectivity index (χ0v) is 16.2. The smallest absolute Gasteiger partial charge is 0.151 e. The summed E-state index contributed by atoms with van der Waals surface area (Å²) in [7, 11) is 0. The third kappa shape index (κ3) is 3.89. The zero-order chi connectivity index (χ0) is 20.2. The number of benzene rings is 4. The Hall–Kier alpha value is -3.86. The van der Waals surface area contributed by atoms with Crippen LogP contribution in [0.3, 0.4) is 0 Å². The molecular formula is C24H20N4O. The average Bonchev–Trinajstić information content (AvgIpc) is 2.75. The second kappa shape index (κ2) is 8.02. The molecule has 0 radical (unpaired) electrons. The van der Waals surface area contributed by atoms with Gasteiger partial charge in [-0.15, -0.1) is 10.2 Å².